The molecule has 1 aliphatic carbocycles. The van der Waals surface area contributed by atoms with Gasteiger partial charge in [0.25, 0.3) is 0 Å². The van der Waals surface area contributed by atoms with Gasteiger partial charge in [0, 0.05) is 24.8 Å². The predicted molar refractivity (Wildman–Crippen MR) is 156 cm³/mol. The minimum absolute atomic E-state index is 0.122. The smallest absolute Gasteiger partial charge is 0.246 e. The summed E-state index contributed by atoms with van der Waals surface area (Å²) in [5.74, 6) is -1.94. The summed E-state index contributed by atoms with van der Waals surface area (Å²) in [6, 6.07) is 5.16. The zero-order valence-corrected chi connectivity index (χ0v) is 24.6. The zero-order chi connectivity index (χ0) is 28.4. The SMILES string of the molecule is CCCN(CCC)CCN1C(=O)[C@H]2[C@@H](C(=O)Nc3ccc(C)c(C)c3)[C@@H]3C=C[C@]2(O3)C1C(=O)NC1CCCCC1. The molecule has 0 radical (unpaired) electrons. The lowest BCUT2D eigenvalue weighted by molar-refractivity contribution is -0.141. The van der Waals surface area contributed by atoms with Gasteiger partial charge in [0.15, 0.2) is 0 Å². The normalized spacial score (nSPS) is 29.3. The van der Waals surface area contributed by atoms with Gasteiger partial charge < -0.3 is 25.2 Å². The Balaban J connectivity index is 1.41. The molecule has 1 spiro atoms. The molecule has 218 valence electrons. The summed E-state index contributed by atoms with van der Waals surface area (Å²) in [5.41, 5.74) is 1.82. The fourth-order valence-electron chi connectivity index (χ4n) is 7.30. The van der Waals surface area contributed by atoms with E-state index in [9.17, 15) is 14.4 Å². The van der Waals surface area contributed by atoms with Crippen LogP contribution in [0.15, 0.2) is 30.4 Å². The Morgan fingerprint density at radius 3 is 2.42 bits per heavy atom. The predicted octanol–water partition coefficient (Wildman–Crippen LogP) is 3.96. The maximum absolute atomic E-state index is 14.2. The zero-order valence-electron chi connectivity index (χ0n) is 24.6. The molecule has 3 amide bonds. The average molecular weight is 551 g/mol. The number of hydrogen-bond acceptors (Lipinski definition) is 5. The molecular weight excluding hydrogens is 504 g/mol. The average Bonchev–Trinajstić information content (AvgIpc) is 3.57. The number of carbonyl (C=O) groups is 3. The molecule has 5 atom stereocenters. The van der Waals surface area contributed by atoms with Crippen LogP contribution in [0.25, 0.3) is 0 Å². The Kier molecular flexibility index (Phi) is 8.66. The number of benzene rings is 1. The van der Waals surface area contributed by atoms with Crippen molar-refractivity contribution >= 4 is 23.4 Å². The molecule has 2 bridgehead atoms. The fraction of sp³-hybridized carbons (Fsp3) is 0.656. The van der Waals surface area contributed by atoms with Gasteiger partial charge in [-0.1, -0.05) is 51.3 Å². The first-order valence-electron chi connectivity index (χ1n) is 15.4. The molecule has 2 N–H and O–H groups in total. The number of likely N-dealkylation sites (tertiary alicyclic amines) is 1. The third kappa shape index (κ3) is 5.32. The molecule has 4 aliphatic rings. The van der Waals surface area contributed by atoms with Crippen LogP contribution >= 0.6 is 0 Å². The van der Waals surface area contributed by atoms with Gasteiger partial charge in [0.1, 0.15) is 11.6 Å². The van der Waals surface area contributed by atoms with E-state index < -0.39 is 29.6 Å². The van der Waals surface area contributed by atoms with Gasteiger partial charge in [0.2, 0.25) is 17.7 Å². The molecule has 1 saturated carbocycles. The fourth-order valence-corrected chi connectivity index (χ4v) is 7.30. The lowest BCUT2D eigenvalue weighted by atomic mass is 9.74. The number of nitrogens with zero attached hydrogens (tertiary/aromatic N) is 2. The van der Waals surface area contributed by atoms with Crippen molar-refractivity contribution in [2.45, 2.75) is 96.4 Å². The van der Waals surface area contributed by atoms with E-state index in [-0.39, 0.29) is 23.8 Å². The quantitative estimate of drug-likeness (QED) is 0.407. The maximum Gasteiger partial charge on any atom is 0.246 e. The first-order chi connectivity index (χ1) is 19.3. The first kappa shape index (κ1) is 28.8. The van der Waals surface area contributed by atoms with Gasteiger partial charge in [-0.15, -0.1) is 0 Å². The minimum atomic E-state index is -1.12. The molecule has 0 aromatic heterocycles. The summed E-state index contributed by atoms with van der Waals surface area (Å²) in [6.07, 6.45) is 10.7. The summed E-state index contributed by atoms with van der Waals surface area (Å²) >= 11 is 0. The summed E-state index contributed by atoms with van der Waals surface area (Å²) in [6.45, 7) is 11.4. The number of carbonyl (C=O) groups excluding carboxylic acids is 3. The number of anilines is 1. The number of nitrogens with one attached hydrogen (secondary N) is 2. The summed E-state index contributed by atoms with van der Waals surface area (Å²) in [7, 11) is 0. The minimum Gasteiger partial charge on any atom is -0.359 e. The lowest BCUT2D eigenvalue weighted by Crippen LogP contribution is -2.57. The van der Waals surface area contributed by atoms with E-state index in [0.29, 0.717) is 18.8 Å². The second kappa shape index (κ2) is 12.0. The summed E-state index contributed by atoms with van der Waals surface area (Å²) in [4.78, 5) is 46.0. The highest BCUT2D eigenvalue weighted by atomic mass is 16.5. The molecule has 2 saturated heterocycles. The highest BCUT2D eigenvalue weighted by molar-refractivity contribution is 6.02. The van der Waals surface area contributed by atoms with Crippen LogP contribution < -0.4 is 10.6 Å². The van der Waals surface area contributed by atoms with Crippen LogP contribution in [-0.4, -0.2) is 77.5 Å². The molecule has 3 fully saturated rings. The highest BCUT2D eigenvalue weighted by Crippen LogP contribution is 2.55. The van der Waals surface area contributed by atoms with Crippen LogP contribution in [-0.2, 0) is 19.1 Å². The number of rotatable bonds is 11. The molecule has 1 aromatic carbocycles. The van der Waals surface area contributed by atoms with Crippen molar-refractivity contribution in [3.8, 4) is 0 Å². The van der Waals surface area contributed by atoms with E-state index in [1.165, 1.54) is 6.42 Å². The van der Waals surface area contributed by atoms with Gasteiger partial charge in [-0.05, 0) is 75.9 Å². The van der Waals surface area contributed by atoms with Crippen LogP contribution in [0.2, 0.25) is 0 Å². The van der Waals surface area contributed by atoms with Crippen molar-refractivity contribution in [1.29, 1.82) is 0 Å². The lowest BCUT2D eigenvalue weighted by Gasteiger charge is -2.35. The van der Waals surface area contributed by atoms with Gasteiger partial charge in [-0.25, -0.2) is 0 Å². The second-order valence-corrected chi connectivity index (χ2v) is 12.2. The molecule has 1 aromatic rings. The Morgan fingerprint density at radius 1 is 1.02 bits per heavy atom. The van der Waals surface area contributed by atoms with Crippen LogP contribution in [0.4, 0.5) is 5.69 Å². The highest BCUT2D eigenvalue weighted by Gasteiger charge is 2.72. The number of hydrogen-bond donors (Lipinski definition) is 2. The van der Waals surface area contributed by atoms with E-state index >= 15 is 0 Å². The van der Waals surface area contributed by atoms with Crippen LogP contribution in [0.1, 0.15) is 69.9 Å². The van der Waals surface area contributed by atoms with Crippen molar-refractivity contribution in [3.05, 3.63) is 41.5 Å². The molecule has 8 nitrogen and oxygen atoms in total. The van der Waals surface area contributed by atoms with E-state index in [0.717, 1.165) is 62.7 Å². The van der Waals surface area contributed by atoms with Crippen molar-refractivity contribution in [2.75, 3.05) is 31.5 Å². The molecule has 40 heavy (non-hydrogen) atoms. The van der Waals surface area contributed by atoms with Crippen molar-refractivity contribution in [3.63, 3.8) is 0 Å². The monoisotopic (exact) mass is 550 g/mol. The second-order valence-electron chi connectivity index (χ2n) is 12.2. The molecule has 1 unspecified atom stereocenters. The van der Waals surface area contributed by atoms with Crippen LogP contribution in [0, 0.1) is 25.7 Å². The maximum atomic E-state index is 14.2. The number of ether oxygens (including phenoxy) is 1. The number of amides is 3. The topological polar surface area (TPSA) is 91.0 Å². The van der Waals surface area contributed by atoms with Gasteiger partial charge in [-0.2, -0.15) is 0 Å². The molecule has 8 heteroatoms. The van der Waals surface area contributed by atoms with Gasteiger partial charge in [0.05, 0.1) is 17.9 Å². The molecule has 3 aliphatic heterocycles. The largest absolute Gasteiger partial charge is 0.359 e. The van der Waals surface area contributed by atoms with E-state index in [2.05, 4.69) is 29.4 Å². The van der Waals surface area contributed by atoms with Crippen LogP contribution in [0.3, 0.4) is 0 Å². The Labute approximate surface area is 238 Å². The van der Waals surface area contributed by atoms with E-state index in [4.69, 9.17) is 4.74 Å². The van der Waals surface area contributed by atoms with E-state index in [1.807, 2.05) is 44.2 Å². The Hall–Kier alpha value is -2.71. The molecule has 3 heterocycles. The third-order valence-corrected chi connectivity index (χ3v) is 9.39. The Morgan fingerprint density at radius 2 is 1.75 bits per heavy atom. The summed E-state index contributed by atoms with van der Waals surface area (Å²) in [5, 5.41) is 6.32. The van der Waals surface area contributed by atoms with Crippen molar-refractivity contribution < 1.29 is 19.1 Å². The van der Waals surface area contributed by atoms with Crippen LogP contribution in [0.5, 0.6) is 0 Å². The van der Waals surface area contributed by atoms with E-state index in [1.54, 1.807) is 4.90 Å². The van der Waals surface area contributed by atoms with Gasteiger partial charge >= 0.3 is 0 Å². The van der Waals surface area contributed by atoms with Crippen molar-refractivity contribution in [2.24, 2.45) is 11.8 Å². The first-order valence-corrected chi connectivity index (χ1v) is 15.4. The van der Waals surface area contributed by atoms with Crippen molar-refractivity contribution in [1.82, 2.24) is 15.1 Å². The Bertz CT molecular complexity index is 1140. The standard InChI is InChI=1S/C32H46N4O4/c1-5-16-35(17-6-2)18-19-36-28(30(38)33-23-10-8-7-9-11-23)32-15-14-25(40-32)26(27(32)31(36)39)29(37)34-24-13-12-21(3)22(4)20-24/h12-15,20,23,25-28H,5-11,16-19H2,1-4H3,(H,33,38)(H,34,37)/t25-,26-,27+,28?,32+/m0/s1. The third-order valence-electron chi connectivity index (χ3n) is 9.39. The summed E-state index contributed by atoms with van der Waals surface area (Å²) < 4.78 is 6.51. The molecule has 5 rings (SSSR count). The number of aryl methyl sites for hydroxylation is 2. The number of fused-ring (bicyclic) bond motifs is 1. The van der Waals surface area contributed by atoms with Gasteiger partial charge in [-0.3, -0.25) is 14.4 Å². The molecular formula is C32H46N4O4.